The van der Waals surface area contributed by atoms with Gasteiger partial charge in [-0.2, -0.15) is 0 Å². The van der Waals surface area contributed by atoms with E-state index in [2.05, 4.69) is 5.32 Å². The highest BCUT2D eigenvalue weighted by Crippen LogP contribution is 2.10. The van der Waals surface area contributed by atoms with Gasteiger partial charge in [0.05, 0.1) is 11.8 Å². The Morgan fingerprint density at radius 3 is 2.55 bits per heavy atom. The molecule has 7 nitrogen and oxygen atoms in total. The molecule has 0 saturated carbocycles. The van der Waals surface area contributed by atoms with E-state index >= 15 is 0 Å². The zero-order valence-corrected chi connectivity index (χ0v) is 11.8. The molecular formula is C12H17N3O4S. The van der Waals surface area contributed by atoms with Crippen molar-refractivity contribution < 1.29 is 18.0 Å². The maximum atomic E-state index is 11.8. The number of primary amides is 1. The van der Waals surface area contributed by atoms with Crippen LogP contribution in [-0.4, -0.2) is 38.3 Å². The summed E-state index contributed by atoms with van der Waals surface area (Å²) in [4.78, 5) is 22.8. The third kappa shape index (κ3) is 5.37. The predicted octanol–water partition coefficient (Wildman–Crippen LogP) is -0.514. The standard InChI is InChI=1S/C12H17N3O4S/c1-20(18,19)6-5-10(13)12(17)15-9-4-2-3-8(7-9)11(14)16/h2-4,7,10H,5-6,13H2,1H3,(H2,14,16)(H,15,17). The lowest BCUT2D eigenvalue weighted by Crippen LogP contribution is -2.37. The highest BCUT2D eigenvalue weighted by Gasteiger charge is 2.16. The van der Waals surface area contributed by atoms with E-state index in [1.165, 1.54) is 12.1 Å². The molecule has 1 rings (SSSR count). The zero-order chi connectivity index (χ0) is 15.3. The molecule has 1 unspecified atom stereocenters. The average molecular weight is 299 g/mol. The number of carbonyl (C=O) groups is 2. The Hall–Kier alpha value is -1.93. The second kappa shape index (κ2) is 6.49. The zero-order valence-electron chi connectivity index (χ0n) is 11.0. The minimum atomic E-state index is -3.16. The summed E-state index contributed by atoms with van der Waals surface area (Å²) < 4.78 is 22.0. The fourth-order valence-electron chi connectivity index (χ4n) is 1.46. The van der Waals surface area contributed by atoms with Crippen LogP contribution in [0.4, 0.5) is 5.69 Å². The Kier molecular flexibility index (Phi) is 5.23. The summed E-state index contributed by atoms with van der Waals surface area (Å²) in [5, 5.41) is 2.51. The van der Waals surface area contributed by atoms with Crippen molar-refractivity contribution in [2.45, 2.75) is 12.5 Å². The molecular weight excluding hydrogens is 282 g/mol. The number of sulfone groups is 1. The smallest absolute Gasteiger partial charge is 0.248 e. The van der Waals surface area contributed by atoms with E-state index < -0.39 is 27.7 Å². The van der Waals surface area contributed by atoms with Crippen molar-refractivity contribution >= 4 is 27.3 Å². The molecule has 2 amide bonds. The number of amides is 2. The predicted molar refractivity (Wildman–Crippen MR) is 75.9 cm³/mol. The van der Waals surface area contributed by atoms with E-state index in [0.29, 0.717) is 5.69 Å². The summed E-state index contributed by atoms with van der Waals surface area (Å²) in [7, 11) is -3.16. The summed E-state index contributed by atoms with van der Waals surface area (Å²) in [6.45, 7) is 0. The SMILES string of the molecule is CS(=O)(=O)CCC(N)C(=O)Nc1cccc(C(N)=O)c1. The lowest BCUT2D eigenvalue weighted by molar-refractivity contribution is -0.117. The third-order valence-electron chi connectivity index (χ3n) is 2.55. The molecule has 0 aromatic heterocycles. The van der Waals surface area contributed by atoms with Crippen LogP contribution >= 0.6 is 0 Å². The summed E-state index contributed by atoms with van der Waals surface area (Å²) >= 11 is 0. The first-order valence-corrected chi connectivity index (χ1v) is 7.89. The summed E-state index contributed by atoms with van der Waals surface area (Å²) in [5.74, 6) is -1.29. The van der Waals surface area contributed by atoms with Crippen LogP contribution in [0.2, 0.25) is 0 Å². The lowest BCUT2D eigenvalue weighted by Gasteiger charge is -2.12. The van der Waals surface area contributed by atoms with Crippen LogP contribution < -0.4 is 16.8 Å². The van der Waals surface area contributed by atoms with Gasteiger partial charge < -0.3 is 16.8 Å². The van der Waals surface area contributed by atoms with E-state index in [1.807, 2.05) is 0 Å². The van der Waals surface area contributed by atoms with Gasteiger partial charge in [0.1, 0.15) is 9.84 Å². The van der Waals surface area contributed by atoms with Crippen LogP contribution in [0.5, 0.6) is 0 Å². The first-order valence-electron chi connectivity index (χ1n) is 5.83. The minimum absolute atomic E-state index is 0.0280. The number of anilines is 1. The Bertz CT molecular complexity index is 613. The second-order valence-corrected chi connectivity index (χ2v) is 6.72. The molecule has 0 aliphatic heterocycles. The lowest BCUT2D eigenvalue weighted by atomic mass is 10.1. The van der Waals surface area contributed by atoms with Crippen LogP contribution in [0.1, 0.15) is 16.8 Å². The fourth-order valence-corrected chi connectivity index (χ4v) is 2.14. The van der Waals surface area contributed by atoms with E-state index in [4.69, 9.17) is 11.5 Å². The maximum Gasteiger partial charge on any atom is 0.248 e. The number of hydrogen-bond acceptors (Lipinski definition) is 5. The van der Waals surface area contributed by atoms with Gasteiger partial charge >= 0.3 is 0 Å². The van der Waals surface area contributed by atoms with Gasteiger partial charge in [-0.05, 0) is 24.6 Å². The number of nitrogens with one attached hydrogen (secondary N) is 1. The van der Waals surface area contributed by atoms with Gasteiger partial charge in [-0.25, -0.2) is 8.42 Å². The van der Waals surface area contributed by atoms with Crippen LogP contribution in [-0.2, 0) is 14.6 Å². The molecule has 0 radical (unpaired) electrons. The number of hydrogen-bond donors (Lipinski definition) is 3. The second-order valence-electron chi connectivity index (χ2n) is 4.46. The molecule has 0 saturated heterocycles. The Morgan fingerprint density at radius 2 is 2.00 bits per heavy atom. The first-order chi connectivity index (χ1) is 9.19. The largest absolute Gasteiger partial charge is 0.366 e. The minimum Gasteiger partial charge on any atom is -0.366 e. The third-order valence-corrected chi connectivity index (χ3v) is 3.53. The van der Waals surface area contributed by atoms with Crippen LogP contribution in [0.25, 0.3) is 0 Å². The summed E-state index contributed by atoms with van der Waals surface area (Å²) in [6, 6.07) is 5.14. The van der Waals surface area contributed by atoms with Crippen molar-refractivity contribution in [2.24, 2.45) is 11.5 Å². The van der Waals surface area contributed by atoms with Gasteiger partial charge in [-0.1, -0.05) is 6.07 Å². The molecule has 1 atom stereocenters. The Labute approximate surface area is 117 Å². The first kappa shape index (κ1) is 16.1. The molecule has 0 spiro atoms. The number of rotatable bonds is 6. The summed E-state index contributed by atoms with van der Waals surface area (Å²) in [5.41, 5.74) is 11.4. The van der Waals surface area contributed by atoms with Gasteiger partial charge in [0.15, 0.2) is 0 Å². The van der Waals surface area contributed by atoms with Gasteiger partial charge in [0, 0.05) is 17.5 Å². The number of carbonyl (C=O) groups excluding carboxylic acids is 2. The molecule has 110 valence electrons. The molecule has 5 N–H and O–H groups in total. The molecule has 0 aliphatic rings. The van der Waals surface area contributed by atoms with E-state index in [1.54, 1.807) is 12.1 Å². The Morgan fingerprint density at radius 1 is 1.35 bits per heavy atom. The quantitative estimate of drug-likeness (QED) is 0.650. The van der Waals surface area contributed by atoms with Crippen LogP contribution in [0.15, 0.2) is 24.3 Å². The van der Waals surface area contributed by atoms with Crippen molar-refractivity contribution in [1.29, 1.82) is 0 Å². The monoisotopic (exact) mass is 299 g/mol. The fraction of sp³-hybridized carbons (Fsp3) is 0.333. The molecule has 0 heterocycles. The van der Waals surface area contributed by atoms with Gasteiger partial charge in [-0.3, -0.25) is 9.59 Å². The van der Waals surface area contributed by atoms with Crippen molar-refractivity contribution in [2.75, 3.05) is 17.3 Å². The molecule has 1 aromatic rings. The van der Waals surface area contributed by atoms with Gasteiger partial charge in [-0.15, -0.1) is 0 Å². The molecule has 0 fully saturated rings. The highest BCUT2D eigenvalue weighted by atomic mass is 32.2. The number of benzene rings is 1. The van der Waals surface area contributed by atoms with Gasteiger partial charge in [0.2, 0.25) is 11.8 Å². The average Bonchev–Trinajstić information content (AvgIpc) is 2.35. The van der Waals surface area contributed by atoms with Crippen LogP contribution in [0.3, 0.4) is 0 Å². The van der Waals surface area contributed by atoms with Gasteiger partial charge in [0.25, 0.3) is 0 Å². The molecule has 20 heavy (non-hydrogen) atoms. The topological polar surface area (TPSA) is 132 Å². The van der Waals surface area contributed by atoms with Crippen molar-refractivity contribution in [1.82, 2.24) is 0 Å². The number of nitrogens with two attached hydrogens (primary N) is 2. The Balaban J connectivity index is 2.66. The molecule has 8 heteroatoms. The van der Waals surface area contributed by atoms with E-state index in [9.17, 15) is 18.0 Å². The molecule has 0 aliphatic carbocycles. The summed E-state index contributed by atoms with van der Waals surface area (Å²) in [6.07, 6.45) is 1.11. The van der Waals surface area contributed by atoms with Crippen LogP contribution in [0, 0.1) is 0 Å². The molecule has 0 bridgehead atoms. The maximum absolute atomic E-state index is 11.8. The highest BCUT2D eigenvalue weighted by molar-refractivity contribution is 7.90. The normalized spacial score (nSPS) is 12.7. The van der Waals surface area contributed by atoms with Crippen molar-refractivity contribution in [3.8, 4) is 0 Å². The van der Waals surface area contributed by atoms with E-state index in [0.717, 1.165) is 6.26 Å². The van der Waals surface area contributed by atoms with E-state index in [-0.39, 0.29) is 17.7 Å². The van der Waals surface area contributed by atoms with Crippen molar-refractivity contribution in [3.05, 3.63) is 29.8 Å². The van der Waals surface area contributed by atoms with Crippen molar-refractivity contribution in [3.63, 3.8) is 0 Å². The molecule has 1 aromatic carbocycles.